The van der Waals surface area contributed by atoms with Gasteiger partial charge in [-0.2, -0.15) is 11.8 Å². The third-order valence-electron chi connectivity index (χ3n) is 2.94. The fourth-order valence-corrected chi connectivity index (χ4v) is 2.85. The van der Waals surface area contributed by atoms with Crippen LogP contribution in [0.5, 0.6) is 5.75 Å². The normalized spacial score (nSPS) is 10.5. The van der Waals surface area contributed by atoms with Gasteiger partial charge in [-0.1, -0.05) is 22.0 Å². The summed E-state index contributed by atoms with van der Waals surface area (Å²) in [4.78, 5) is 11.8. The third-order valence-corrected chi connectivity index (χ3v) is 4.38. The van der Waals surface area contributed by atoms with Crippen LogP contribution in [-0.2, 0) is 6.54 Å². The van der Waals surface area contributed by atoms with E-state index < -0.39 is 0 Å². The van der Waals surface area contributed by atoms with Crippen molar-refractivity contribution in [3.05, 3.63) is 52.4 Å². The summed E-state index contributed by atoms with van der Waals surface area (Å²) in [6.45, 7) is 1.53. The molecule has 0 aliphatic rings. The fraction of sp³-hybridized carbons (Fsp3) is 0.312. The van der Waals surface area contributed by atoms with E-state index in [0.717, 1.165) is 21.7 Å². The Morgan fingerprint density at radius 2 is 2.22 bits per heavy atom. The predicted octanol–water partition coefficient (Wildman–Crippen LogP) is 3.04. The summed E-state index contributed by atoms with van der Waals surface area (Å²) >= 11 is 5.13. The minimum atomic E-state index is -0.139. The summed E-state index contributed by atoms with van der Waals surface area (Å²) in [5.41, 5.74) is 5.95. The summed E-state index contributed by atoms with van der Waals surface area (Å²) in [7, 11) is 0. The lowest BCUT2D eigenvalue weighted by molar-refractivity contribution is 0.0955. The van der Waals surface area contributed by atoms with Crippen LogP contribution in [-0.4, -0.2) is 30.6 Å². The van der Waals surface area contributed by atoms with Gasteiger partial charge in [0.05, 0.1) is 18.7 Å². The topological polar surface area (TPSA) is 77.5 Å². The predicted molar refractivity (Wildman–Crippen MR) is 95.9 cm³/mol. The molecule has 1 heterocycles. The van der Waals surface area contributed by atoms with Crippen molar-refractivity contribution in [1.82, 2.24) is 5.32 Å². The standard InChI is InChI=1S/C16H19BrN2O3S/c17-13-2-1-3-14(9-13)21-5-7-23-6-4-19-16(20)12-8-15(10-18)22-11-12/h1-3,8-9,11H,4-7,10,18H2,(H,19,20). The quantitative estimate of drug-likeness (QED) is 0.634. The minimum Gasteiger partial charge on any atom is -0.493 e. The average molecular weight is 399 g/mol. The fourth-order valence-electron chi connectivity index (χ4n) is 1.82. The third kappa shape index (κ3) is 6.29. The second-order valence-corrected chi connectivity index (χ2v) is 6.82. The number of hydrogen-bond acceptors (Lipinski definition) is 5. The number of benzene rings is 1. The van der Waals surface area contributed by atoms with E-state index in [1.807, 2.05) is 24.3 Å². The van der Waals surface area contributed by atoms with E-state index in [2.05, 4.69) is 21.2 Å². The van der Waals surface area contributed by atoms with Crippen LogP contribution in [0.15, 0.2) is 45.5 Å². The van der Waals surface area contributed by atoms with Crippen LogP contribution in [0.3, 0.4) is 0 Å². The van der Waals surface area contributed by atoms with Crippen molar-refractivity contribution in [1.29, 1.82) is 0 Å². The maximum Gasteiger partial charge on any atom is 0.254 e. The van der Waals surface area contributed by atoms with Crippen molar-refractivity contribution in [3.63, 3.8) is 0 Å². The van der Waals surface area contributed by atoms with Gasteiger partial charge in [0, 0.05) is 22.5 Å². The zero-order chi connectivity index (χ0) is 16.5. The Bertz CT molecular complexity index is 633. The summed E-state index contributed by atoms with van der Waals surface area (Å²) in [5, 5.41) is 2.84. The van der Waals surface area contributed by atoms with Gasteiger partial charge in [0.15, 0.2) is 0 Å². The molecule has 0 atom stereocenters. The van der Waals surface area contributed by atoms with Gasteiger partial charge in [-0.25, -0.2) is 0 Å². The molecular formula is C16H19BrN2O3S. The molecule has 0 bridgehead atoms. The van der Waals surface area contributed by atoms with Crippen molar-refractivity contribution < 1.29 is 13.9 Å². The highest BCUT2D eigenvalue weighted by Crippen LogP contribution is 2.17. The van der Waals surface area contributed by atoms with E-state index in [1.165, 1.54) is 6.26 Å². The molecule has 0 unspecified atom stereocenters. The number of carbonyl (C=O) groups excluding carboxylic acids is 1. The number of carbonyl (C=O) groups is 1. The van der Waals surface area contributed by atoms with Crippen LogP contribution in [0.1, 0.15) is 16.1 Å². The molecule has 0 aliphatic carbocycles. The minimum absolute atomic E-state index is 0.139. The summed E-state index contributed by atoms with van der Waals surface area (Å²) < 4.78 is 11.8. The highest BCUT2D eigenvalue weighted by molar-refractivity contribution is 9.10. The largest absolute Gasteiger partial charge is 0.493 e. The van der Waals surface area contributed by atoms with Crippen LogP contribution in [0.25, 0.3) is 0 Å². The number of hydrogen-bond donors (Lipinski definition) is 2. The maximum atomic E-state index is 11.8. The Labute approximate surface area is 148 Å². The van der Waals surface area contributed by atoms with Gasteiger partial charge in [0.25, 0.3) is 5.91 Å². The van der Waals surface area contributed by atoms with Gasteiger partial charge < -0.3 is 20.2 Å². The molecule has 124 valence electrons. The van der Waals surface area contributed by atoms with Crippen molar-refractivity contribution in [3.8, 4) is 5.75 Å². The number of halogens is 1. The molecule has 3 N–H and O–H groups in total. The first-order valence-corrected chi connectivity index (χ1v) is 9.15. The molecule has 0 radical (unpaired) electrons. The smallest absolute Gasteiger partial charge is 0.254 e. The lowest BCUT2D eigenvalue weighted by atomic mass is 10.3. The molecule has 2 aromatic rings. The Hall–Kier alpha value is -1.44. The zero-order valence-corrected chi connectivity index (χ0v) is 15.0. The molecule has 0 saturated carbocycles. The number of rotatable bonds is 9. The van der Waals surface area contributed by atoms with E-state index in [9.17, 15) is 4.79 Å². The Kier molecular flexibility index (Phi) is 7.51. The van der Waals surface area contributed by atoms with Crippen LogP contribution in [0.4, 0.5) is 0 Å². The van der Waals surface area contributed by atoms with Crippen molar-refractivity contribution in [2.75, 3.05) is 24.7 Å². The molecule has 0 fully saturated rings. The molecule has 5 nitrogen and oxygen atoms in total. The number of thioether (sulfide) groups is 1. The number of furan rings is 1. The number of nitrogens with two attached hydrogens (primary N) is 1. The molecule has 2 rings (SSSR count). The van der Waals surface area contributed by atoms with E-state index in [-0.39, 0.29) is 5.91 Å². The molecular weight excluding hydrogens is 380 g/mol. The lowest BCUT2D eigenvalue weighted by Crippen LogP contribution is -2.25. The van der Waals surface area contributed by atoms with Crippen LogP contribution in [0, 0.1) is 0 Å². The zero-order valence-electron chi connectivity index (χ0n) is 12.6. The van der Waals surface area contributed by atoms with Crippen LogP contribution < -0.4 is 15.8 Å². The first-order valence-electron chi connectivity index (χ1n) is 7.21. The van der Waals surface area contributed by atoms with Crippen molar-refractivity contribution >= 4 is 33.6 Å². The Balaban J connectivity index is 1.54. The number of nitrogens with one attached hydrogen (secondary N) is 1. The molecule has 1 amide bonds. The molecule has 7 heteroatoms. The first-order chi connectivity index (χ1) is 11.2. The van der Waals surface area contributed by atoms with E-state index in [1.54, 1.807) is 17.8 Å². The van der Waals surface area contributed by atoms with Crippen LogP contribution >= 0.6 is 27.7 Å². The van der Waals surface area contributed by atoms with Gasteiger partial charge in [-0.3, -0.25) is 4.79 Å². The number of ether oxygens (including phenoxy) is 1. The van der Waals surface area contributed by atoms with E-state index >= 15 is 0 Å². The Morgan fingerprint density at radius 3 is 2.96 bits per heavy atom. The maximum absolute atomic E-state index is 11.8. The molecule has 0 spiro atoms. The molecule has 0 aliphatic heterocycles. The van der Waals surface area contributed by atoms with E-state index in [4.69, 9.17) is 14.9 Å². The highest BCUT2D eigenvalue weighted by atomic mass is 79.9. The summed E-state index contributed by atoms with van der Waals surface area (Å²) in [6, 6.07) is 9.42. The van der Waals surface area contributed by atoms with Gasteiger partial charge in [-0.15, -0.1) is 0 Å². The average Bonchev–Trinajstić information content (AvgIpc) is 3.03. The summed E-state index contributed by atoms with van der Waals surface area (Å²) in [5.74, 6) is 3.01. The van der Waals surface area contributed by atoms with Crippen molar-refractivity contribution in [2.45, 2.75) is 6.54 Å². The number of amides is 1. The van der Waals surface area contributed by atoms with Gasteiger partial charge >= 0.3 is 0 Å². The highest BCUT2D eigenvalue weighted by Gasteiger charge is 2.08. The molecule has 1 aromatic carbocycles. The first kappa shape index (κ1) is 17.9. The lowest BCUT2D eigenvalue weighted by Gasteiger charge is -2.07. The van der Waals surface area contributed by atoms with Gasteiger partial charge in [0.1, 0.15) is 17.8 Å². The van der Waals surface area contributed by atoms with Crippen LogP contribution in [0.2, 0.25) is 0 Å². The second kappa shape index (κ2) is 9.64. The molecule has 23 heavy (non-hydrogen) atoms. The monoisotopic (exact) mass is 398 g/mol. The Morgan fingerprint density at radius 1 is 1.35 bits per heavy atom. The van der Waals surface area contributed by atoms with Gasteiger partial charge in [-0.05, 0) is 24.3 Å². The van der Waals surface area contributed by atoms with E-state index in [0.29, 0.717) is 31.0 Å². The SMILES string of the molecule is NCc1cc(C(=O)NCCSCCOc2cccc(Br)c2)co1. The molecule has 1 aromatic heterocycles. The van der Waals surface area contributed by atoms with Crippen molar-refractivity contribution in [2.24, 2.45) is 5.73 Å². The second-order valence-electron chi connectivity index (χ2n) is 4.68. The molecule has 0 saturated heterocycles. The van der Waals surface area contributed by atoms with Gasteiger partial charge in [0.2, 0.25) is 0 Å². The summed E-state index contributed by atoms with van der Waals surface area (Å²) in [6.07, 6.45) is 1.43.